The van der Waals surface area contributed by atoms with E-state index in [9.17, 15) is 24.3 Å². The van der Waals surface area contributed by atoms with Gasteiger partial charge in [0.05, 0.1) is 17.5 Å². The molecule has 2 aliphatic heterocycles. The molecule has 0 saturated heterocycles. The minimum Gasteiger partial charge on any atom is -0.481 e. The van der Waals surface area contributed by atoms with Gasteiger partial charge in [0.1, 0.15) is 11.1 Å². The first-order chi connectivity index (χ1) is 14.7. The van der Waals surface area contributed by atoms with Gasteiger partial charge in [-0.3, -0.25) is 24.3 Å². The molecule has 2 atom stereocenters. The first-order valence-corrected chi connectivity index (χ1v) is 10.3. The van der Waals surface area contributed by atoms with Crippen molar-refractivity contribution in [1.29, 1.82) is 0 Å². The number of aliphatic carboxylic acids is 1. The summed E-state index contributed by atoms with van der Waals surface area (Å²) < 4.78 is 5.67. The number of carboxylic acid groups (broad SMARTS) is 1. The fourth-order valence-electron chi connectivity index (χ4n) is 4.59. The van der Waals surface area contributed by atoms with Crippen LogP contribution in [-0.2, 0) is 14.3 Å². The SMILES string of the molecule is CC(C)(C)OC(=O)C1(C(CC(=O)O)(N2C(=O)c3ccccc3C2=O)C(C)(C)C)C=CC=N1. The highest BCUT2D eigenvalue weighted by molar-refractivity contribution is 6.22. The van der Waals surface area contributed by atoms with Crippen LogP contribution in [0.4, 0.5) is 0 Å². The maximum absolute atomic E-state index is 13.7. The summed E-state index contributed by atoms with van der Waals surface area (Å²) in [5, 5.41) is 9.97. The van der Waals surface area contributed by atoms with E-state index in [0.717, 1.165) is 4.90 Å². The Kier molecular flexibility index (Phi) is 5.40. The Bertz CT molecular complexity index is 1010. The second-order valence-corrected chi connectivity index (χ2v) is 10.1. The topological polar surface area (TPSA) is 113 Å². The molecule has 3 rings (SSSR count). The smallest absolute Gasteiger partial charge is 0.341 e. The number of carbonyl (C=O) groups excluding carboxylic acids is 3. The Morgan fingerprint density at radius 2 is 1.56 bits per heavy atom. The molecular formula is C24H28N2O6. The third kappa shape index (κ3) is 3.34. The molecule has 0 aliphatic carbocycles. The zero-order valence-electron chi connectivity index (χ0n) is 19.1. The summed E-state index contributed by atoms with van der Waals surface area (Å²) in [5.74, 6) is -3.45. The van der Waals surface area contributed by atoms with Gasteiger partial charge in [-0.2, -0.15) is 0 Å². The van der Waals surface area contributed by atoms with Gasteiger partial charge in [0, 0.05) is 6.21 Å². The van der Waals surface area contributed by atoms with E-state index in [0.29, 0.717) is 0 Å². The van der Waals surface area contributed by atoms with Gasteiger partial charge in [0.15, 0.2) is 0 Å². The number of amides is 2. The summed E-state index contributed by atoms with van der Waals surface area (Å²) >= 11 is 0. The van der Waals surface area contributed by atoms with E-state index in [1.807, 2.05) is 0 Å². The van der Waals surface area contributed by atoms with Crippen molar-refractivity contribution < 1.29 is 29.0 Å². The summed E-state index contributed by atoms with van der Waals surface area (Å²) in [7, 11) is 0. The molecule has 0 saturated carbocycles. The normalized spacial score (nSPS) is 22.1. The van der Waals surface area contributed by atoms with Gasteiger partial charge < -0.3 is 9.84 Å². The highest BCUT2D eigenvalue weighted by Crippen LogP contribution is 2.53. The first-order valence-electron chi connectivity index (χ1n) is 10.3. The van der Waals surface area contributed by atoms with Gasteiger partial charge in [-0.1, -0.05) is 32.9 Å². The van der Waals surface area contributed by atoms with Crippen molar-refractivity contribution in [2.24, 2.45) is 10.4 Å². The molecule has 0 radical (unpaired) electrons. The predicted octanol–water partition coefficient (Wildman–Crippen LogP) is 3.26. The molecular weight excluding hydrogens is 412 g/mol. The number of esters is 1. The number of imide groups is 1. The molecule has 0 fully saturated rings. The minimum atomic E-state index is -1.94. The summed E-state index contributed by atoms with van der Waals surface area (Å²) in [4.78, 5) is 58.4. The monoisotopic (exact) mass is 440 g/mol. The van der Waals surface area contributed by atoms with Crippen molar-refractivity contribution in [3.05, 3.63) is 47.5 Å². The van der Waals surface area contributed by atoms with Gasteiger partial charge in [0.2, 0.25) is 5.54 Å². The van der Waals surface area contributed by atoms with E-state index < -0.39 is 52.3 Å². The number of benzene rings is 1. The Morgan fingerprint density at radius 3 is 1.94 bits per heavy atom. The van der Waals surface area contributed by atoms with Gasteiger partial charge in [0.25, 0.3) is 11.8 Å². The third-order valence-electron chi connectivity index (χ3n) is 5.87. The number of carbonyl (C=O) groups is 4. The van der Waals surface area contributed by atoms with Crippen LogP contribution in [0.3, 0.4) is 0 Å². The second kappa shape index (κ2) is 7.39. The number of ether oxygens (including phenoxy) is 1. The van der Waals surface area contributed by atoms with Crippen LogP contribution >= 0.6 is 0 Å². The van der Waals surface area contributed by atoms with E-state index in [4.69, 9.17) is 4.74 Å². The van der Waals surface area contributed by atoms with Crippen molar-refractivity contribution in [2.45, 2.75) is 64.6 Å². The molecule has 0 aromatic heterocycles. The molecule has 1 N–H and O–H groups in total. The third-order valence-corrected chi connectivity index (χ3v) is 5.87. The molecule has 32 heavy (non-hydrogen) atoms. The van der Waals surface area contributed by atoms with Crippen LogP contribution in [0.2, 0.25) is 0 Å². The van der Waals surface area contributed by atoms with Crippen LogP contribution < -0.4 is 0 Å². The van der Waals surface area contributed by atoms with Gasteiger partial charge in [-0.05, 0) is 50.5 Å². The molecule has 8 nitrogen and oxygen atoms in total. The number of allylic oxidation sites excluding steroid dienone is 1. The molecule has 0 spiro atoms. The summed E-state index contributed by atoms with van der Waals surface area (Å²) in [5.41, 5.74) is -5.54. The standard InChI is InChI=1S/C24H28N2O6/c1-21(2,3)24(14-17(27)28,23(12-9-13-25-23)20(31)32-22(4,5)6)26-18(29)15-10-7-8-11-16(15)19(26)30/h7-13H,14H2,1-6H3,(H,27,28). The fraction of sp³-hybridized carbons (Fsp3) is 0.458. The van der Waals surface area contributed by atoms with Crippen LogP contribution in [0.15, 0.2) is 41.4 Å². The lowest BCUT2D eigenvalue weighted by Gasteiger charge is -2.55. The second-order valence-electron chi connectivity index (χ2n) is 10.1. The number of hydrogen-bond acceptors (Lipinski definition) is 6. The average molecular weight is 440 g/mol. The van der Waals surface area contributed by atoms with Crippen LogP contribution in [0.5, 0.6) is 0 Å². The van der Waals surface area contributed by atoms with Crippen LogP contribution in [0.25, 0.3) is 0 Å². The van der Waals surface area contributed by atoms with Gasteiger partial charge >= 0.3 is 11.9 Å². The Morgan fingerprint density at radius 1 is 1.03 bits per heavy atom. The lowest BCUT2D eigenvalue weighted by atomic mass is 9.59. The fourth-order valence-corrected chi connectivity index (χ4v) is 4.59. The average Bonchev–Trinajstić information content (AvgIpc) is 3.24. The van der Waals surface area contributed by atoms with Gasteiger partial charge in [-0.15, -0.1) is 0 Å². The number of carboxylic acids is 1. The lowest BCUT2D eigenvalue weighted by Crippen LogP contribution is -2.73. The molecule has 1 aromatic rings. The maximum Gasteiger partial charge on any atom is 0.341 e. The largest absolute Gasteiger partial charge is 0.481 e. The van der Waals surface area contributed by atoms with E-state index in [1.54, 1.807) is 53.7 Å². The maximum atomic E-state index is 13.7. The van der Waals surface area contributed by atoms with E-state index in [-0.39, 0.29) is 11.1 Å². The Labute approximate surface area is 187 Å². The van der Waals surface area contributed by atoms with E-state index >= 15 is 0 Å². The first kappa shape index (κ1) is 23.4. The molecule has 8 heteroatoms. The molecule has 2 amide bonds. The number of hydrogen-bond donors (Lipinski definition) is 1. The number of rotatable bonds is 5. The molecule has 2 aliphatic rings. The Hall–Kier alpha value is -3.29. The van der Waals surface area contributed by atoms with E-state index in [1.165, 1.54) is 30.5 Å². The van der Waals surface area contributed by atoms with Gasteiger partial charge in [-0.25, -0.2) is 4.79 Å². The van der Waals surface area contributed by atoms with Crippen molar-refractivity contribution in [3.63, 3.8) is 0 Å². The van der Waals surface area contributed by atoms with Crippen molar-refractivity contribution >= 4 is 30.0 Å². The van der Waals surface area contributed by atoms with Crippen molar-refractivity contribution in [3.8, 4) is 0 Å². The summed E-state index contributed by atoms with van der Waals surface area (Å²) in [6.07, 6.45) is 3.59. The molecule has 170 valence electrons. The highest BCUT2D eigenvalue weighted by atomic mass is 16.6. The Balaban J connectivity index is 2.37. The number of nitrogens with zero attached hydrogens (tertiary/aromatic N) is 2. The van der Waals surface area contributed by atoms with Crippen molar-refractivity contribution in [2.75, 3.05) is 0 Å². The van der Waals surface area contributed by atoms with E-state index in [2.05, 4.69) is 4.99 Å². The highest BCUT2D eigenvalue weighted by Gasteiger charge is 2.70. The van der Waals surface area contributed by atoms with Crippen LogP contribution in [-0.4, -0.2) is 56.7 Å². The number of aliphatic imine (C=N–C) groups is 1. The number of fused-ring (bicyclic) bond motifs is 1. The van der Waals surface area contributed by atoms with Crippen LogP contribution in [0, 0.1) is 5.41 Å². The molecule has 2 heterocycles. The molecule has 0 bridgehead atoms. The zero-order chi connectivity index (χ0) is 24.1. The van der Waals surface area contributed by atoms with Crippen LogP contribution in [0.1, 0.15) is 68.7 Å². The molecule has 2 unspecified atom stereocenters. The van der Waals surface area contributed by atoms with Crippen molar-refractivity contribution in [1.82, 2.24) is 4.90 Å². The quantitative estimate of drug-likeness (QED) is 0.555. The minimum absolute atomic E-state index is 0.154. The summed E-state index contributed by atoms with van der Waals surface area (Å²) in [6.45, 7) is 10.1. The summed E-state index contributed by atoms with van der Waals surface area (Å²) in [6, 6.07) is 6.27. The predicted molar refractivity (Wildman–Crippen MR) is 118 cm³/mol. The zero-order valence-corrected chi connectivity index (χ0v) is 19.1. The molecule has 1 aromatic carbocycles. The lowest BCUT2D eigenvalue weighted by molar-refractivity contribution is -0.169.